The number of hydrogen-bond acceptors (Lipinski definition) is 3. The van der Waals surface area contributed by atoms with Crippen molar-refractivity contribution in [2.45, 2.75) is 0 Å². The zero-order valence-electron chi connectivity index (χ0n) is 7.47. The Morgan fingerprint density at radius 1 is 1.50 bits per heavy atom. The second-order valence-corrected chi connectivity index (χ2v) is 2.51. The quantitative estimate of drug-likeness (QED) is 0.645. The van der Waals surface area contributed by atoms with Crippen molar-refractivity contribution in [3.63, 3.8) is 0 Å². The maximum atomic E-state index is 10.5. The summed E-state index contributed by atoms with van der Waals surface area (Å²) < 4.78 is 1.74. The average molecular weight is 216 g/mol. The molecule has 2 N–H and O–H groups in total. The molecule has 0 amide bonds. The summed E-state index contributed by atoms with van der Waals surface area (Å²) in [7, 11) is 1.80. The lowest BCUT2D eigenvalue weighted by atomic mass is 10.4. The Morgan fingerprint density at radius 2 is 2.21 bits per heavy atom. The summed E-state index contributed by atoms with van der Waals surface area (Å²) in [6.07, 6.45) is 4.06. The van der Waals surface area contributed by atoms with Gasteiger partial charge in [0.2, 0.25) is 0 Å². The van der Waals surface area contributed by atoms with Crippen molar-refractivity contribution in [3.05, 3.63) is 24.3 Å². The highest BCUT2D eigenvalue weighted by molar-refractivity contribution is 5.85. The van der Waals surface area contributed by atoms with Gasteiger partial charge in [-0.1, -0.05) is 0 Å². The first-order chi connectivity index (χ1) is 5.83. The molecule has 6 heteroatoms. The van der Waals surface area contributed by atoms with E-state index in [0.29, 0.717) is 5.82 Å². The Kier molecular flexibility index (Phi) is 4.20. The molecule has 76 valence electrons. The van der Waals surface area contributed by atoms with E-state index in [1.807, 2.05) is 6.07 Å². The highest BCUT2D eigenvalue weighted by Crippen LogP contribution is 2.10. The zero-order chi connectivity index (χ0) is 8.55. The van der Waals surface area contributed by atoms with Gasteiger partial charge in [-0.25, -0.2) is 4.98 Å². The molecule has 0 aliphatic heterocycles. The molecule has 0 spiro atoms. The van der Waals surface area contributed by atoms with Gasteiger partial charge in [0.05, 0.1) is 11.7 Å². The fourth-order valence-electron chi connectivity index (χ4n) is 1.18. The van der Waals surface area contributed by atoms with Gasteiger partial charge in [-0.3, -0.25) is 9.78 Å². The monoisotopic (exact) mass is 215 g/mol. The lowest BCUT2D eigenvalue weighted by Crippen LogP contribution is -1.94. The van der Waals surface area contributed by atoms with Crippen LogP contribution in [0.25, 0.3) is 11.0 Å². The van der Waals surface area contributed by atoms with Crippen LogP contribution in [0.5, 0.6) is 0 Å². The minimum Gasteiger partial charge on any atom is -0.412 e. The molecule has 0 atom stereocenters. The van der Waals surface area contributed by atoms with Crippen LogP contribution in [-0.2, 0) is 7.05 Å². The number of nitrogens with zero attached hydrogens (tertiary/aromatic N) is 3. The predicted octanol–water partition coefficient (Wildman–Crippen LogP) is 0.378. The molecule has 14 heavy (non-hydrogen) atoms. The summed E-state index contributed by atoms with van der Waals surface area (Å²) in [5.41, 5.74) is 1.68. The van der Waals surface area contributed by atoms with Crippen molar-refractivity contribution in [2.75, 3.05) is 0 Å². The van der Waals surface area contributed by atoms with Gasteiger partial charge in [0, 0.05) is 13.2 Å². The van der Waals surface area contributed by atoms with E-state index in [0.717, 1.165) is 17.3 Å². The van der Waals surface area contributed by atoms with Gasteiger partial charge >= 0.3 is 0 Å². The Balaban J connectivity index is 0.000000845. The van der Waals surface area contributed by atoms with Gasteiger partial charge in [-0.2, -0.15) is 0 Å². The van der Waals surface area contributed by atoms with Crippen LogP contribution in [0.4, 0.5) is 0 Å². The molecule has 0 saturated carbocycles. The Morgan fingerprint density at radius 3 is 2.79 bits per heavy atom. The van der Waals surface area contributed by atoms with E-state index in [9.17, 15) is 4.79 Å². The third kappa shape index (κ3) is 1.73. The molecule has 2 aromatic rings. The number of aldehydes is 1. The van der Waals surface area contributed by atoms with Gasteiger partial charge in [0.1, 0.15) is 5.52 Å². The van der Waals surface area contributed by atoms with Crippen molar-refractivity contribution in [1.29, 1.82) is 0 Å². The van der Waals surface area contributed by atoms with Gasteiger partial charge < -0.3 is 10.0 Å². The molecule has 2 heterocycles. The largest absolute Gasteiger partial charge is 0.412 e. The highest BCUT2D eigenvalue weighted by atomic mass is 35.5. The highest BCUT2D eigenvalue weighted by Gasteiger charge is 2.04. The summed E-state index contributed by atoms with van der Waals surface area (Å²) in [5, 5.41) is 0. The average Bonchev–Trinajstić information content (AvgIpc) is 2.44. The number of aryl methyl sites for hydroxylation is 1. The third-order valence-electron chi connectivity index (χ3n) is 1.82. The molecule has 0 saturated heterocycles. The van der Waals surface area contributed by atoms with E-state index in [1.165, 1.54) is 0 Å². The summed E-state index contributed by atoms with van der Waals surface area (Å²) in [6.45, 7) is 0. The van der Waals surface area contributed by atoms with Crippen LogP contribution >= 0.6 is 12.4 Å². The molecule has 0 unspecified atom stereocenters. The SMILES string of the molecule is Cl.Cn1c(C=O)nc2cnccc21.O. The van der Waals surface area contributed by atoms with E-state index < -0.39 is 0 Å². The molecular formula is C8H10ClN3O2. The van der Waals surface area contributed by atoms with Crippen molar-refractivity contribution in [3.8, 4) is 0 Å². The molecular weight excluding hydrogens is 206 g/mol. The number of carbonyl (C=O) groups excluding carboxylic acids is 1. The third-order valence-corrected chi connectivity index (χ3v) is 1.82. The number of fused-ring (bicyclic) bond motifs is 1. The van der Waals surface area contributed by atoms with Crippen molar-refractivity contribution in [2.24, 2.45) is 7.05 Å². The first-order valence-electron chi connectivity index (χ1n) is 3.54. The second kappa shape index (κ2) is 4.69. The van der Waals surface area contributed by atoms with Crippen LogP contribution in [0, 0.1) is 0 Å². The van der Waals surface area contributed by atoms with Crippen LogP contribution in [0.2, 0.25) is 0 Å². The Bertz CT molecular complexity index is 441. The molecule has 0 aliphatic rings. The van der Waals surface area contributed by atoms with Crippen LogP contribution in [0.15, 0.2) is 18.5 Å². The van der Waals surface area contributed by atoms with Crippen LogP contribution in [0.3, 0.4) is 0 Å². The van der Waals surface area contributed by atoms with Crippen LogP contribution in [-0.4, -0.2) is 26.3 Å². The zero-order valence-corrected chi connectivity index (χ0v) is 8.28. The fraction of sp³-hybridized carbons (Fsp3) is 0.125. The first kappa shape index (κ1) is 12.5. The number of rotatable bonds is 1. The second-order valence-electron chi connectivity index (χ2n) is 2.51. The molecule has 0 radical (unpaired) electrons. The lowest BCUT2D eigenvalue weighted by molar-refractivity contribution is 0.111. The topological polar surface area (TPSA) is 79.3 Å². The maximum absolute atomic E-state index is 10.5. The summed E-state index contributed by atoms with van der Waals surface area (Å²) >= 11 is 0. The van der Waals surface area contributed by atoms with E-state index in [2.05, 4.69) is 9.97 Å². The molecule has 2 aromatic heterocycles. The Hall–Kier alpha value is -1.46. The molecule has 0 aromatic carbocycles. The summed E-state index contributed by atoms with van der Waals surface area (Å²) in [6, 6.07) is 1.83. The van der Waals surface area contributed by atoms with Crippen molar-refractivity contribution < 1.29 is 10.3 Å². The molecule has 2 rings (SSSR count). The summed E-state index contributed by atoms with van der Waals surface area (Å²) in [4.78, 5) is 18.5. The number of hydrogen-bond donors (Lipinski definition) is 0. The minimum atomic E-state index is 0. The molecule has 0 aliphatic carbocycles. The fourth-order valence-corrected chi connectivity index (χ4v) is 1.18. The Labute approximate surface area is 86.5 Å². The minimum absolute atomic E-state index is 0. The molecule has 0 fully saturated rings. The summed E-state index contributed by atoms with van der Waals surface area (Å²) in [5.74, 6) is 0.429. The standard InChI is InChI=1S/C8H7N3O.ClH.H2O/c1-11-7-2-3-9-4-6(7)10-8(11)5-12;;/h2-5H,1H3;1H;1H2. The smallest absolute Gasteiger partial charge is 0.185 e. The van der Waals surface area contributed by atoms with E-state index in [1.54, 1.807) is 24.0 Å². The lowest BCUT2D eigenvalue weighted by Gasteiger charge is -1.92. The van der Waals surface area contributed by atoms with Gasteiger partial charge in [0.15, 0.2) is 12.1 Å². The van der Waals surface area contributed by atoms with E-state index in [4.69, 9.17) is 0 Å². The maximum Gasteiger partial charge on any atom is 0.185 e. The van der Waals surface area contributed by atoms with Crippen molar-refractivity contribution >= 4 is 29.7 Å². The first-order valence-corrected chi connectivity index (χ1v) is 3.54. The predicted molar refractivity (Wildman–Crippen MR) is 54.8 cm³/mol. The van der Waals surface area contributed by atoms with Gasteiger partial charge in [-0.15, -0.1) is 12.4 Å². The van der Waals surface area contributed by atoms with Crippen LogP contribution in [0.1, 0.15) is 10.6 Å². The number of carbonyl (C=O) groups is 1. The number of imidazole rings is 1. The van der Waals surface area contributed by atoms with E-state index in [-0.39, 0.29) is 17.9 Å². The molecule has 5 nitrogen and oxygen atoms in total. The molecule has 0 bridgehead atoms. The van der Waals surface area contributed by atoms with Gasteiger partial charge in [0.25, 0.3) is 0 Å². The van der Waals surface area contributed by atoms with Crippen LogP contribution < -0.4 is 0 Å². The normalized spacial score (nSPS) is 8.93. The number of aromatic nitrogens is 3. The van der Waals surface area contributed by atoms with Crippen molar-refractivity contribution in [1.82, 2.24) is 14.5 Å². The number of pyridine rings is 1. The van der Waals surface area contributed by atoms with E-state index >= 15 is 0 Å². The van der Waals surface area contributed by atoms with Gasteiger partial charge in [-0.05, 0) is 6.07 Å². The number of halogens is 1.